The molecule has 7 nitrogen and oxygen atoms in total. The molecule has 0 aliphatic heterocycles. The Morgan fingerprint density at radius 2 is 1.95 bits per heavy atom. The second-order valence-corrected chi connectivity index (χ2v) is 4.66. The highest BCUT2D eigenvalue weighted by atomic mass is 16.6. The molecule has 0 amide bonds. The van der Waals surface area contributed by atoms with Gasteiger partial charge in [-0.25, -0.2) is 4.98 Å². The summed E-state index contributed by atoms with van der Waals surface area (Å²) >= 11 is 0. The molecule has 1 aliphatic rings. The van der Waals surface area contributed by atoms with Crippen LogP contribution in [0.5, 0.6) is 0 Å². The Bertz CT molecular complexity index is 882. The Hall–Kier alpha value is -2.83. The first-order valence-electron chi connectivity index (χ1n) is 6.67. The largest absolute Gasteiger partial charge is 0.399 e. The molecule has 4 rings (SSSR count). The minimum absolute atomic E-state index is 0.474. The van der Waals surface area contributed by atoms with Crippen LogP contribution < -0.4 is 0 Å². The normalized spacial score (nSPS) is 14.5. The van der Waals surface area contributed by atoms with Crippen LogP contribution in [0.2, 0.25) is 0 Å². The van der Waals surface area contributed by atoms with Crippen LogP contribution in [0.15, 0.2) is 29.4 Å². The molecule has 0 bridgehead atoms. The van der Waals surface area contributed by atoms with E-state index < -0.39 is 0 Å². The van der Waals surface area contributed by atoms with Gasteiger partial charge < -0.3 is 4.84 Å². The summed E-state index contributed by atoms with van der Waals surface area (Å²) < 4.78 is 1.69. The van der Waals surface area contributed by atoms with E-state index in [-0.39, 0.29) is 0 Å². The zero-order valence-corrected chi connectivity index (χ0v) is 11.6. The van der Waals surface area contributed by atoms with Crippen molar-refractivity contribution < 1.29 is 4.84 Å². The molecule has 0 saturated heterocycles. The van der Waals surface area contributed by atoms with Crippen molar-refractivity contribution in [2.45, 2.75) is 13.3 Å². The molecule has 7 heteroatoms. The van der Waals surface area contributed by atoms with Gasteiger partial charge in [0.25, 0.3) is 5.78 Å². The Morgan fingerprint density at radius 1 is 1.14 bits per heavy atom. The summed E-state index contributed by atoms with van der Waals surface area (Å²) in [7, 11) is 1.52. The average molecular weight is 280 g/mol. The maximum atomic E-state index is 4.96. The molecule has 0 saturated carbocycles. The Labute approximate surface area is 120 Å². The van der Waals surface area contributed by atoms with E-state index in [0.29, 0.717) is 17.2 Å². The van der Waals surface area contributed by atoms with Gasteiger partial charge in [0.05, 0.1) is 0 Å². The van der Waals surface area contributed by atoms with E-state index in [9.17, 15) is 0 Å². The van der Waals surface area contributed by atoms with E-state index in [2.05, 4.69) is 25.4 Å². The van der Waals surface area contributed by atoms with E-state index in [0.717, 1.165) is 29.1 Å². The Balaban J connectivity index is 2.08. The fourth-order valence-electron chi connectivity index (χ4n) is 2.55. The predicted octanol–water partition coefficient (Wildman–Crippen LogP) is 1.46. The van der Waals surface area contributed by atoms with Crippen molar-refractivity contribution in [2.24, 2.45) is 5.16 Å². The van der Waals surface area contributed by atoms with Crippen LogP contribution in [-0.2, 0) is 11.3 Å². The molecular formula is C14H12N6O. The third kappa shape index (κ3) is 1.57. The van der Waals surface area contributed by atoms with Crippen molar-refractivity contribution >= 4 is 11.5 Å². The molecular weight excluding hydrogens is 268 g/mol. The number of nitrogens with zero attached hydrogens (tertiary/aromatic N) is 6. The molecule has 1 aromatic carbocycles. The van der Waals surface area contributed by atoms with Crippen LogP contribution in [0.3, 0.4) is 0 Å². The van der Waals surface area contributed by atoms with Gasteiger partial charge in [0.1, 0.15) is 24.2 Å². The van der Waals surface area contributed by atoms with Crippen LogP contribution >= 0.6 is 0 Å². The van der Waals surface area contributed by atoms with E-state index in [1.807, 2.05) is 31.2 Å². The van der Waals surface area contributed by atoms with Crippen LogP contribution in [0.1, 0.15) is 24.0 Å². The van der Waals surface area contributed by atoms with Gasteiger partial charge in [0, 0.05) is 17.5 Å². The third-order valence-electron chi connectivity index (χ3n) is 3.49. The summed E-state index contributed by atoms with van der Waals surface area (Å²) in [6, 6.07) is 7.91. The minimum atomic E-state index is 0.474. The fourth-order valence-corrected chi connectivity index (χ4v) is 2.55. The van der Waals surface area contributed by atoms with Gasteiger partial charge in [-0.15, -0.1) is 10.2 Å². The minimum Gasteiger partial charge on any atom is -0.399 e. The lowest BCUT2D eigenvalue weighted by Gasteiger charge is -2.00. The van der Waals surface area contributed by atoms with E-state index >= 15 is 0 Å². The molecule has 0 radical (unpaired) electrons. The summed E-state index contributed by atoms with van der Waals surface area (Å²) in [6.45, 7) is 2.01. The molecule has 21 heavy (non-hydrogen) atoms. The molecule has 0 atom stereocenters. The van der Waals surface area contributed by atoms with Gasteiger partial charge >= 0.3 is 0 Å². The number of hydrogen-bond donors (Lipinski definition) is 0. The van der Waals surface area contributed by atoms with E-state index in [4.69, 9.17) is 4.84 Å². The maximum Gasteiger partial charge on any atom is 0.272 e. The summed E-state index contributed by atoms with van der Waals surface area (Å²) in [5.41, 5.74) is 4.10. The quantitative estimate of drug-likeness (QED) is 0.519. The molecule has 2 heterocycles. The second kappa shape index (κ2) is 4.34. The first kappa shape index (κ1) is 12.0. The topological polar surface area (TPSA) is 77.6 Å². The zero-order valence-electron chi connectivity index (χ0n) is 11.6. The van der Waals surface area contributed by atoms with E-state index in [1.165, 1.54) is 7.11 Å². The highest BCUT2D eigenvalue weighted by Gasteiger charge is 2.30. The molecule has 0 fully saturated rings. The highest BCUT2D eigenvalue weighted by Crippen LogP contribution is 2.34. The maximum absolute atomic E-state index is 4.96. The van der Waals surface area contributed by atoms with Crippen LogP contribution in [0, 0.1) is 0 Å². The Kier molecular flexibility index (Phi) is 2.47. The summed E-state index contributed by atoms with van der Waals surface area (Å²) in [4.78, 5) is 9.51. The van der Waals surface area contributed by atoms with Gasteiger partial charge in [-0.1, -0.05) is 36.3 Å². The molecule has 2 aromatic heterocycles. The number of aromatic nitrogens is 5. The molecule has 1 aliphatic carbocycles. The SMILES string of the molecule is CCc1nnc2nc3c(nn12)-c1ccccc1C3=NOC. The standard InChI is InChI=1S/C14H12N6O/c1-3-10-16-17-14-15-13-11(18-20(10)14)8-6-4-5-7-9(8)12(13)19-21-2/h4-7H,3H2,1-2H3. The van der Waals surface area contributed by atoms with E-state index in [1.54, 1.807) is 4.52 Å². The van der Waals surface area contributed by atoms with Gasteiger partial charge in [-0.3, -0.25) is 0 Å². The highest BCUT2D eigenvalue weighted by molar-refractivity contribution is 6.22. The van der Waals surface area contributed by atoms with Crippen LogP contribution in [0.25, 0.3) is 17.0 Å². The summed E-state index contributed by atoms with van der Waals surface area (Å²) in [6.07, 6.45) is 0.745. The van der Waals surface area contributed by atoms with Crippen molar-refractivity contribution in [2.75, 3.05) is 7.11 Å². The lowest BCUT2D eigenvalue weighted by Crippen LogP contribution is -2.07. The monoisotopic (exact) mass is 280 g/mol. The van der Waals surface area contributed by atoms with Gasteiger partial charge in [-0.05, 0) is 0 Å². The zero-order chi connectivity index (χ0) is 14.4. The summed E-state index contributed by atoms with van der Waals surface area (Å²) in [5.74, 6) is 1.26. The smallest absolute Gasteiger partial charge is 0.272 e. The average Bonchev–Trinajstić information content (AvgIpc) is 3.06. The van der Waals surface area contributed by atoms with Crippen molar-refractivity contribution in [3.05, 3.63) is 41.3 Å². The molecule has 3 aromatic rings. The molecule has 104 valence electrons. The summed E-state index contributed by atoms with van der Waals surface area (Å²) in [5, 5.41) is 16.9. The first-order valence-corrected chi connectivity index (χ1v) is 6.67. The van der Waals surface area contributed by atoms with Crippen molar-refractivity contribution in [1.29, 1.82) is 0 Å². The number of benzene rings is 1. The molecule has 0 spiro atoms. The van der Waals surface area contributed by atoms with Crippen molar-refractivity contribution in [3.8, 4) is 11.3 Å². The lowest BCUT2D eigenvalue weighted by molar-refractivity contribution is 0.214. The second-order valence-electron chi connectivity index (χ2n) is 4.66. The van der Waals surface area contributed by atoms with Crippen LogP contribution in [-0.4, -0.2) is 37.6 Å². The number of hydrogen-bond acceptors (Lipinski definition) is 6. The lowest BCUT2D eigenvalue weighted by atomic mass is 10.1. The van der Waals surface area contributed by atoms with Gasteiger partial charge in [0.15, 0.2) is 5.82 Å². The third-order valence-corrected chi connectivity index (χ3v) is 3.49. The van der Waals surface area contributed by atoms with Crippen LogP contribution in [0.4, 0.5) is 0 Å². The number of fused-ring (bicyclic) bond motifs is 4. The van der Waals surface area contributed by atoms with Crippen molar-refractivity contribution in [3.63, 3.8) is 0 Å². The number of aryl methyl sites for hydroxylation is 1. The predicted molar refractivity (Wildman–Crippen MR) is 76.0 cm³/mol. The van der Waals surface area contributed by atoms with Gasteiger partial charge in [0.2, 0.25) is 0 Å². The number of rotatable bonds is 2. The Morgan fingerprint density at radius 3 is 2.71 bits per heavy atom. The molecule has 0 unspecified atom stereocenters. The fraction of sp³-hybridized carbons (Fsp3) is 0.214. The number of oxime groups is 1. The van der Waals surface area contributed by atoms with Gasteiger partial charge in [-0.2, -0.15) is 9.61 Å². The van der Waals surface area contributed by atoms with Crippen molar-refractivity contribution in [1.82, 2.24) is 24.8 Å². The first-order chi connectivity index (χ1) is 10.3. The molecule has 0 N–H and O–H groups in total.